The van der Waals surface area contributed by atoms with Gasteiger partial charge < -0.3 is 10.4 Å². The Balaban J connectivity index is 3.29. The standard InChI is InChI=1S/C9H15BN4O/c1-9(2,3)14-8(12)6(4-11)7(13-14)5-15-10/h5,10,12H2,1-3H3. The maximum atomic E-state index is 8.97. The second-order valence-electron chi connectivity index (χ2n) is 4.33. The van der Waals surface area contributed by atoms with E-state index in [0.29, 0.717) is 23.7 Å². The van der Waals surface area contributed by atoms with Crippen molar-refractivity contribution in [3.8, 4) is 6.07 Å². The van der Waals surface area contributed by atoms with E-state index in [-0.39, 0.29) is 5.54 Å². The van der Waals surface area contributed by atoms with Crippen molar-refractivity contribution in [1.82, 2.24) is 9.78 Å². The lowest BCUT2D eigenvalue weighted by Gasteiger charge is -2.20. The number of nitrogens with zero attached hydrogens (tertiary/aromatic N) is 3. The molecule has 0 aliphatic rings. The highest BCUT2D eigenvalue weighted by Crippen LogP contribution is 2.23. The molecule has 0 fully saturated rings. The van der Waals surface area contributed by atoms with Crippen molar-refractivity contribution in [2.75, 3.05) is 5.73 Å². The van der Waals surface area contributed by atoms with Crippen LogP contribution in [0.4, 0.5) is 5.82 Å². The largest absolute Gasteiger partial charge is 0.438 e. The van der Waals surface area contributed by atoms with Crippen LogP contribution in [0.3, 0.4) is 0 Å². The van der Waals surface area contributed by atoms with Gasteiger partial charge in [-0.3, -0.25) is 0 Å². The summed E-state index contributed by atoms with van der Waals surface area (Å²) in [4.78, 5) is 0. The van der Waals surface area contributed by atoms with Gasteiger partial charge in [0.1, 0.15) is 23.1 Å². The van der Waals surface area contributed by atoms with Gasteiger partial charge >= 0.3 is 0 Å². The first-order valence-corrected chi connectivity index (χ1v) is 4.68. The van der Waals surface area contributed by atoms with Gasteiger partial charge in [-0.25, -0.2) is 4.68 Å². The molecule has 1 rings (SSSR count). The maximum Gasteiger partial charge on any atom is 0.257 e. The molecule has 2 N–H and O–H groups in total. The molecule has 1 heterocycles. The van der Waals surface area contributed by atoms with Gasteiger partial charge in [0.15, 0.2) is 0 Å². The quantitative estimate of drug-likeness (QED) is 0.699. The summed E-state index contributed by atoms with van der Waals surface area (Å²) < 4.78 is 6.62. The summed E-state index contributed by atoms with van der Waals surface area (Å²) in [7, 11) is 1.56. The molecular weight excluding hydrogens is 191 g/mol. The minimum atomic E-state index is -0.234. The summed E-state index contributed by atoms with van der Waals surface area (Å²) in [6.45, 7) is 6.24. The molecule has 0 saturated carbocycles. The van der Waals surface area contributed by atoms with Gasteiger partial charge in [0.05, 0.1) is 12.1 Å². The number of hydrogen-bond donors (Lipinski definition) is 1. The number of aromatic nitrogens is 2. The average Bonchev–Trinajstić information content (AvgIpc) is 2.42. The van der Waals surface area contributed by atoms with Crippen molar-refractivity contribution >= 4 is 13.9 Å². The van der Waals surface area contributed by atoms with E-state index in [0.717, 1.165) is 0 Å². The minimum absolute atomic E-state index is 0.234. The van der Waals surface area contributed by atoms with Crippen LogP contribution in [0.25, 0.3) is 0 Å². The summed E-state index contributed by atoms with van der Waals surface area (Å²) in [5, 5.41) is 13.3. The predicted octanol–water partition coefficient (Wildman–Crippen LogP) is 0.157. The number of hydrogen-bond acceptors (Lipinski definition) is 4. The smallest absolute Gasteiger partial charge is 0.257 e. The molecule has 1 aromatic rings. The maximum absolute atomic E-state index is 8.97. The SMILES string of the molecule is BOCc1nn(C(C)(C)C)c(N)c1C#N. The van der Waals surface area contributed by atoms with Gasteiger partial charge in [-0.05, 0) is 20.8 Å². The van der Waals surface area contributed by atoms with E-state index in [9.17, 15) is 0 Å². The third-order valence-corrected chi connectivity index (χ3v) is 2.02. The topological polar surface area (TPSA) is 76.9 Å². The molecule has 0 aromatic carbocycles. The molecule has 0 amide bonds. The van der Waals surface area contributed by atoms with Crippen LogP contribution in [0.5, 0.6) is 0 Å². The zero-order valence-electron chi connectivity index (χ0n) is 9.53. The molecule has 0 radical (unpaired) electrons. The second kappa shape index (κ2) is 3.95. The first kappa shape index (κ1) is 11.6. The van der Waals surface area contributed by atoms with Crippen molar-refractivity contribution in [3.05, 3.63) is 11.3 Å². The summed E-state index contributed by atoms with van der Waals surface area (Å²) in [6.07, 6.45) is 0. The lowest BCUT2D eigenvalue weighted by molar-refractivity contribution is 0.316. The van der Waals surface area contributed by atoms with Gasteiger partial charge in [0, 0.05) is 0 Å². The lowest BCUT2D eigenvalue weighted by Crippen LogP contribution is -2.25. The highest BCUT2D eigenvalue weighted by atomic mass is 16.4. The van der Waals surface area contributed by atoms with Gasteiger partial charge in [-0.2, -0.15) is 10.4 Å². The van der Waals surface area contributed by atoms with Crippen molar-refractivity contribution in [2.24, 2.45) is 0 Å². The molecule has 80 valence electrons. The van der Waals surface area contributed by atoms with E-state index in [1.54, 1.807) is 12.7 Å². The summed E-state index contributed by atoms with van der Waals surface area (Å²) in [5.41, 5.74) is 6.62. The molecule has 1 aromatic heterocycles. The Kier molecular flexibility index (Phi) is 3.05. The first-order chi connectivity index (χ1) is 6.91. The average molecular weight is 206 g/mol. The van der Waals surface area contributed by atoms with Crippen molar-refractivity contribution in [2.45, 2.75) is 32.9 Å². The van der Waals surface area contributed by atoms with Crippen LogP contribution in [0.1, 0.15) is 32.0 Å². The van der Waals surface area contributed by atoms with Crippen LogP contribution in [-0.4, -0.2) is 17.8 Å². The van der Waals surface area contributed by atoms with Crippen LogP contribution in [0.15, 0.2) is 0 Å². The van der Waals surface area contributed by atoms with E-state index < -0.39 is 0 Å². The van der Waals surface area contributed by atoms with E-state index in [1.807, 2.05) is 20.8 Å². The van der Waals surface area contributed by atoms with E-state index in [1.165, 1.54) is 0 Å². The summed E-state index contributed by atoms with van der Waals surface area (Å²) in [5.74, 6) is 0.400. The van der Waals surface area contributed by atoms with Crippen LogP contribution in [0.2, 0.25) is 0 Å². The first-order valence-electron chi connectivity index (χ1n) is 4.68. The van der Waals surface area contributed by atoms with Gasteiger partial charge in [0.2, 0.25) is 0 Å². The van der Waals surface area contributed by atoms with Gasteiger partial charge in [0.25, 0.3) is 8.05 Å². The molecule has 5 nitrogen and oxygen atoms in total. The van der Waals surface area contributed by atoms with Crippen LogP contribution < -0.4 is 5.73 Å². The molecule has 6 heteroatoms. The Hall–Kier alpha value is -1.48. The Morgan fingerprint density at radius 3 is 2.60 bits per heavy atom. The zero-order chi connectivity index (χ0) is 11.6. The Labute approximate surface area is 90.3 Å². The number of rotatable bonds is 2. The number of anilines is 1. The minimum Gasteiger partial charge on any atom is -0.438 e. The molecule has 0 saturated heterocycles. The van der Waals surface area contributed by atoms with Crippen LogP contribution in [-0.2, 0) is 16.8 Å². The monoisotopic (exact) mass is 206 g/mol. The fourth-order valence-electron chi connectivity index (χ4n) is 1.35. The normalized spacial score (nSPS) is 11.3. The lowest BCUT2D eigenvalue weighted by atomic mass is 10.1. The number of nitrogen functional groups attached to an aromatic ring is 1. The third-order valence-electron chi connectivity index (χ3n) is 2.02. The fourth-order valence-corrected chi connectivity index (χ4v) is 1.35. The fraction of sp³-hybridized carbons (Fsp3) is 0.556. The molecular formula is C9H15BN4O. The number of nitrogens with two attached hydrogens (primary N) is 1. The summed E-state index contributed by atoms with van der Waals surface area (Å²) >= 11 is 0. The van der Waals surface area contributed by atoms with E-state index in [2.05, 4.69) is 11.2 Å². The van der Waals surface area contributed by atoms with Crippen molar-refractivity contribution < 1.29 is 4.65 Å². The highest BCUT2D eigenvalue weighted by molar-refractivity contribution is 5.97. The third kappa shape index (κ3) is 2.13. The van der Waals surface area contributed by atoms with Crippen molar-refractivity contribution in [3.63, 3.8) is 0 Å². The molecule has 0 atom stereocenters. The Morgan fingerprint density at radius 2 is 2.20 bits per heavy atom. The highest BCUT2D eigenvalue weighted by Gasteiger charge is 2.22. The Bertz CT molecular complexity index is 399. The summed E-state index contributed by atoms with van der Waals surface area (Å²) in [6, 6.07) is 2.05. The molecule has 0 aliphatic heterocycles. The molecule has 15 heavy (non-hydrogen) atoms. The molecule has 0 bridgehead atoms. The Morgan fingerprint density at radius 1 is 1.60 bits per heavy atom. The molecule has 0 aliphatic carbocycles. The van der Waals surface area contributed by atoms with Crippen LogP contribution >= 0.6 is 0 Å². The van der Waals surface area contributed by atoms with E-state index in [4.69, 9.17) is 15.6 Å². The van der Waals surface area contributed by atoms with Gasteiger partial charge in [-0.15, -0.1) is 0 Å². The molecule has 0 unspecified atom stereocenters. The second-order valence-corrected chi connectivity index (χ2v) is 4.33. The predicted molar refractivity (Wildman–Crippen MR) is 59.7 cm³/mol. The molecule has 0 spiro atoms. The van der Waals surface area contributed by atoms with Crippen LogP contribution in [0, 0.1) is 11.3 Å². The zero-order valence-corrected chi connectivity index (χ0v) is 9.53. The van der Waals surface area contributed by atoms with Crippen molar-refractivity contribution in [1.29, 1.82) is 5.26 Å². The van der Waals surface area contributed by atoms with E-state index >= 15 is 0 Å². The number of nitriles is 1. The van der Waals surface area contributed by atoms with Gasteiger partial charge in [-0.1, -0.05) is 0 Å².